The fourth-order valence-corrected chi connectivity index (χ4v) is 1.97. The Hall–Kier alpha value is -1.34. The lowest BCUT2D eigenvalue weighted by atomic mass is 10.1. The van der Waals surface area contributed by atoms with E-state index in [2.05, 4.69) is 10.3 Å². The van der Waals surface area contributed by atoms with Gasteiger partial charge in [-0.3, -0.25) is 9.79 Å². The number of nitrogens with zero attached hydrogens (tertiary/aromatic N) is 1. The molecule has 0 aliphatic carbocycles. The van der Waals surface area contributed by atoms with Gasteiger partial charge in [0.25, 0.3) is 0 Å². The van der Waals surface area contributed by atoms with Crippen LogP contribution in [0.15, 0.2) is 4.99 Å². The Morgan fingerprint density at radius 3 is 2.24 bits per heavy atom. The summed E-state index contributed by atoms with van der Waals surface area (Å²) in [4.78, 5) is 15.6. The average molecular weight is 300 g/mol. The number of carbonyl (C=O) groups is 1. The first kappa shape index (κ1) is 19.7. The van der Waals surface area contributed by atoms with Gasteiger partial charge in [-0.05, 0) is 32.2 Å². The van der Waals surface area contributed by atoms with Gasteiger partial charge >= 0.3 is 0 Å². The van der Waals surface area contributed by atoms with E-state index in [1.165, 1.54) is 19.3 Å². The molecule has 0 aromatic rings. The Morgan fingerprint density at radius 1 is 1.00 bits per heavy atom. The minimum absolute atomic E-state index is 0.0690. The number of guanidine groups is 1. The van der Waals surface area contributed by atoms with Gasteiger partial charge in [0, 0.05) is 13.1 Å². The van der Waals surface area contributed by atoms with Crippen molar-refractivity contribution in [3.63, 3.8) is 0 Å². The molecule has 0 aliphatic rings. The molecule has 21 heavy (non-hydrogen) atoms. The zero-order chi connectivity index (χ0) is 15.9. The SMILES string of the molecule is NCCCCCCCCNC(=O)[C@@H](N)CCCN=C(N)N. The normalized spacial score (nSPS) is 11.9. The fourth-order valence-electron chi connectivity index (χ4n) is 1.97. The number of nitrogens with two attached hydrogens (primary N) is 4. The van der Waals surface area contributed by atoms with Crippen LogP contribution in [0.4, 0.5) is 0 Å². The predicted octanol–water partition coefficient (Wildman–Crippen LogP) is -0.217. The number of carbonyl (C=O) groups excluding carboxylic acids is 1. The Balaban J connectivity index is 3.45. The van der Waals surface area contributed by atoms with Gasteiger partial charge < -0.3 is 28.3 Å². The molecule has 0 radical (unpaired) electrons. The Bertz CT molecular complexity index is 291. The molecule has 1 atom stereocenters. The molecule has 1 amide bonds. The summed E-state index contributed by atoms with van der Waals surface area (Å²) < 4.78 is 0. The summed E-state index contributed by atoms with van der Waals surface area (Å²) in [6.07, 6.45) is 8.12. The largest absolute Gasteiger partial charge is 0.370 e. The van der Waals surface area contributed by atoms with Gasteiger partial charge in [0.15, 0.2) is 5.96 Å². The van der Waals surface area contributed by atoms with E-state index in [9.17, 15) is 4.79 Å². The van der Waals surface area contributed by atoms with Crippen LogP contribution >= 0.6 is 0 Å². The third kappa shape index (κ3) is 13.4. The van der Waals surface area contributed by atoms with E-state index in [1.54, 1.807) is 0 Å². The quantitative estimate of drug-likeness (QED) is 0.181. The summed E-state index contributed by atoms with van der Waals surface area (Å²) in [5, 5.41) is 2.87. The van der Waals surface area contributed by atoms with Crippen molar-refractivity contribution in [2.75, 3.05) is 19.6 Å². The second-order valence-corrected chi connectivity index (χ2v) is 5.26. The van der Waals surface area contributed by atoms with Crippen molar-refractivity contribution in [1.29, 1.82) is 0 Å². The van der Waals surface area contributed by atoms with Gasteiger partial charge in [0.05, 0.1) is 6.04 Å². The van der Waals surface area contributed by atoms with E-state index in [1.807, 2.05) is 0 Å². The van der Waals surface area contributed by atoms with Crippen LogP contribution in [0.3, 0.4) is 0 Å². The van der Waals surface area contributed by atoms with E-state index in [0.29, 0.717) is 25.9 Å². The Labute approximate surface area is 127 Å². The van der Waals surface area contributed by atoms with Crippen LogP contribution in [0.1, 0.15) is 51.4 Å². The lowest BCUT2D eigenvalue weighted by Crippen LogP contribution is -2.41. The standard InChI is InChI=1S/C14H32N6O/c15-9-5-3-1-2-4-6-10-19-13(21)12(16)8-7-11-20-14(17)18/h12H,1-11,15-16H2,(H,19,21)(H4,17,18,20)/t12-/m0/s1. The minimum Gasteiger partial charge on any atom is -0.370 e. The number of rotatable bonds is 13. The molecular weight excluding hydrogens is 268 g/mol. The highest BCUT2D eigenvalue weighted by atomic mass is 16.2. The van der Waals surface area contributed by atoms with Gasteiger partial charge in [-0.25, -0.2) is 0 Å². The van der Waals surface area contributed by atoms with E-state index in [4.69, 9.17) is 22.9 Å². The second-order valence-electron chi connectivity index (χ2n) is 5.26. The van der Waals surface area contributed by atoms with Crippen molar-refractivity contribution in [1.82, 2.24) is 5.32 Å². The fraction of sp³-hybridized carbons (Fsp3) is 0.857. The van der Waals surface area contributed by atoms with Crippen molar-refractivity contribution < 1.29 is 4.79 Å². The molecule has 7 nitrogen and oxygen atoms in total. The van der Waals surface area contributed by atoms with Crippen molar-refractivity contribution in [2.24, 2.45) is 27.9 Å². The number of nitrogens with one attached hydrogen (secondary N) is 1. The summed E-state index contributed by atoms with van der Waals surface area (Å²) in [6, 6.07) is -0.483. The Morgan fingerprint density at radius 2 is 1.62 bits per heavy atom. The minimum atomic E-state index is -0.483. The van der Waals surface area contributed by atoms with E-state index in [-0.39, 0.29) is 11.9 Å². The highest BCUT2D eigenvalue weighted by Gasteiger charge is 2.11. The first-order chi connectivity index (χ1) is 10.1. The number of unbranched alkanes of at least 4 members (excludes halogenated alkanes) is 5. The number of amides is 1. The summed E-state index contributed by atoms with van der Waals surface area (Å²) in [6.45, 7) is 1.97. The van der Waals surface area contributed by atoms with E-state index < -0.39 is 6.04 Å². The third-order valence-corrected chi connectivity index (χ3v) is 3.23. The molecule has 0 aliphatic heterocycles. The molecule has 9 N–H and O–H groups in total. The van der Waals surface area contributed by atoms with Gasteiger partial charge in [-0.1, -0.05) is 25.7 Å². The van der Waals surface area contributed by atoms with Gasteiger partial charge in [-0.2, -0.15) is 0 Å². The zero-order valence-electron chi connectivity index (χ0n) is 13.0. The van der Waals surface area contributed by atoms with Crippen LogP contribution in [0, 0.1) is 0 Å². The van der Waals surface area contributed by atoms with Crippen LogP contribution in [-0.4, -0.2) is 37.5 Å². The van der Waals surface area contributed by atoms with Crippen LogP contribution < -0.4 is 28.3 Å². The smallest absolute Gasteiger partial charge is 0.236 e. The van der Waals surface area contributed by atoms with Gasteiger partial charge in [0.1, 0.15) is 0 Å². The van der Waals surface area contributed by atoms with Crippen LogP contribution in [0.25, 0.3) is 0 Å². The molecule has 0 saturated heterocycles. The predicted molar refractivity (Wildman–Crippen MR) is 87.7 cm³/mol. The molecule has 0 spiro atoms. The zero-order valence-corrected chi connectivity index (χ0v) is 13.0. The molecular formula is C14H32N6O. The van der Waals surface area contributed by atoms with Crippen molar-refractivity contribution in [3.8, 4) is 0 Å². The summed E-state index contributed by atoms with van der Waals surface area (Å²) in [5.74, 6) is -0.0256. The lowest BCUT2D eigenvalue weighted by molar-refractivity contribution is -0.122. The summed E-state index contributed by atoms with van der Waals surface area (Å²) >= 11 is 0. The van der Waals surface area contributed by atoms with Gasteiger partial charge in [0.2, 0.25) is 5.91 Å². The van der Waals surface area contributed by atoms with Crippen LogP contribution in [0.2, 0.25) is 0 Å². The molecule has 0 saturated carbocycles. The Kier molecular flexibility index (Phi) is 12.8. The second kappa shape index (κ2) is 13.6. The van der Waals surface area contributed by atoms with Crippen LogP contribution in [0.5, 0.6) is 0 Å². The van der Waals surface area contributed by atoms with Gasteiger partial charge in [-0.15, -0.1) is 0 Å². The molecule has 7 heteroatoms. The molecule has 0 heterocycles. The van der Waals surface area contributed by atoms with Crippen molar-refractivity contribution in [3.05, 3.63) is 0 Å². The molecule has 0 bridgehead atoms. The lowest BCUT2D eigenvalue weighted by Gasteiger charge is -2.11. The van der Waals surface area contributed by atoms with E-state index in [0.717, 1.165) is 25.8 Å². The average Bonchev–Trinajstić information content (AvgIpc) is 2.45. The molecule has 0 fully saturated rings. The maximum Gasteiger partial charge on any atom is 0.236 e. The monoisotopic (exact) mass is 300 g/mol. The third-order valence-electron chi connectivity index (χ3n) is 3.23. The number of aliphatic imine (C=N–C) groups is 1. The molecule has 0 aromatic carbocycles. The topological polar surface area (TPSA) is 146 Å². The molecule has 0 unspecified atom stereocenters. The highest BCUT2D eigenvalue weighted by Crippen LogP contribution is 2.04. The van der Waals surface area contributed by atoms with E-state index >= 15 is 0 Å². The number of hydrogen-bond acceptors (Lipinski definition) is 4. The first-order valence-corrected chi connectivity index (χ1v) is 7.86. The van der Waals surface area contributed by atoms with Crippen molar-refractivity contribution in [2.45, 2.75) is 57.4 Å². The maximum absolute atomic E-state index is 11.7. The molecule has 124 valence electrons. The summed E-state index contributed by atoms with van der Waals surface area (Å²) in [5.41, 5.74) is 21.7. The van der Waals surface area contributed by atoms with Crippen LogP contribution in [-0.2, 0) is 4.79 Å². The molecule has 0 rings (SSSR count). The molecule has 0 aromatic heterocycles. The first-order valence-electron chi connectivity index (χ1n) is 7.86. The summed E-state index contributed by atoms with van der Waals surface area (Å²) in [7, 11) is 0. The maximum atomic E-state index is 11.7. The van der Waals surface area contributed by atoms with Crippen molar-refractivity contribution >= 4 is 11.9 Å². The number of hydrogen-bond donors (Lipinski definition) is 5. The highest BCUT2D eigenvalue weighted by molar-refractivity contribution is 5.81.